The van der Waals surface area contributed by atoms with Crippen LogP contribution in [0.4, 0.5) is 0 Å². The van der Waals surface area contributed by atoms with E-state index < -0.39 is 0 Å². The molecule has 0 amide bonds. The van der Waals surface area contributed by atoms with Gasteiger partial charge in [0, 0.05) is 6.61 Å². The van der Waals surface area contributed by atoms with E-state index in [1.54, 1.807) is 0 Å². The molecule has 0 aliphatic heterocycles. The summed E-state index contributed by atoms with van der Waals surface area (Å²) in [5.74, 6) is 0.785. The minimum atomic E-state index is 0.369. The van der Waals surface area contributed by atoms with Crippen molar-refractivity contribution in [1.29, 1.82) is 0 Å². The van der Waals surface area contributed by atoms with Gasteiger partial charge in [-0.15, -0.1) is 0 Å². The van der Waals surface area contributed by atoms with Crippen molar-refractivity contribution in [2.45, 2.75) is 59.8 Å². The van der Waals surface area contributed by atoms with Gasteiger partial charge < -0.3 is 4.43 Å². The van der Waals surface area contributed by atoms with Gasteiger partial charge in [-0.1, -0.05) is 59.8 Å². The Kier molecular flexibility index (Phi) is 7.56. The van der Waals surface area contributed by atoms with Crippen molar-refractivity contribution in [2.75, 3.05) is 6.61 Å². The van der Waals surface area contributed by atoms with Gasteiger partial charge in [-0.3, -0.25) is 0 Å². The molecule has 0 fully saturated rings. The van der Waals surface area contributed by atoms with Crippen molar-refractivity contribution in [3.8, 4) is 0 Å². The molecule has 0 aliphatic carbocycles. The Labute approximate surface area is 93.2 Å². The second kappa shape index (κ2) is 7.47. The Morgan fingerprint density at radius 2 is 1.86 bits per heavy atom. The first-order chi connectivity index (χ1) is 6.54. The van der Waals surface area contributed by atoms with Crippen molar-refractivity contribution >= 4 is 10.5 Å². The molecule has 86 valence electrons. The zero-order valence-corrected chi connectivity index (χ0v) is 12.7. The predicted molar refractivity (Wildman–Crippen MR) is 67.6 cm³/mol. The zero-order chi connectivity index (χ0) is 11.0. The highest BCUT2D eigenvalue weighted by molar-refractivity contribution is 5.97. The number of rotatable bonds is 8. The molecule has 0 saturated heterocycles. The molecular formula is C12H28OSi. The van der Waals surface area contributed by atoms with E-state index in [1.807, 2.05) is 0 Å². The Morgan fingerprint density at radius 1 is 1.21 bits per heavy atom. The molecule has 0 rings (SSSR count). The lowest BCUT2D eigenvalue weighted by Crippen LogP contribution is -2.27. The lowest BCUT2D eigenvalue weighted by molar-refractivity contribution is 0.121. The molecule has 1 nitrogen and oxygen atoms in total. The van der Waals surface area contributed by atoms with Crippen LogP contribution in [-0.2, 0) is 4.43 Å². The first kappa shape index (κ1) is 14.2. The highest BCUT2D eigenvalue weighted by atomic mass is 28.2. The van der Waals surface area contributed by atoms with E-state index in [4.69, 9.17) is 4.43 Å². The molecule has 0 aromatic carbocycles. The summed E-state index contributed by atoms with van der Waals surface area (Å²) in [5, 5.41) is 0. The molecule has 1 unspecified atom stereocenters. The number of unbranched alkanes of at least 4 members (excludes halogenated alkanes) is 3. The molecule has 0 aromatic heterocycles. The summed E-state index contributed by atoms with van der Waals surface area (Å²) < 4.78 is 5.39. The Morgan fingerprint density at radius 3 is 2.36 bits per heavy atom. The quantitative estimate of drug-likeness (QED) is 0.448. The maximum atomic E-state index is 5.39. The minimum absolute atomic E-state index is 0.369. The van der Waals surface area contributed by atoms with Gasteiger partial charge >= 0.3 is 0 Å². The fraction of sp³-hybridized carbons (Fsp3) is 1.00. The lowest BCUT2D eigenvalue weighted by Gasteiger charge is -2.31. The maximum absolute atomic E-state index is 5.39. The Balaban J connectivity index is 3.65. The van der Waals surface area contributed by atoms with E-state index >= 15 is 0 Å². The van der Waals surface area contributed by atoms with Gasteiger partial charge in [-0.25, -0.2) is 0 Å². The monoisotopic (exact) mass is 216 g/mol. The summed E-state index contributed by atoms with van der Waals surface area (Å²) in [4.78, 5) is 0. The van der Waals surface area contributed by atoms with Crippen LogP contribution < -0.4 is 0 Å². The minimum Gasteiger partial charge on any atom is -0.427 e. The standard InChI is InChI=1S/C12H28OSi/c1-5-6-7-8-9-11(2)12(3,4)10-13-14/h11H,5-10H2,1-4,14H3. The number of hydrogen-bond donors (Lipinski definition) is 0. The zero-order valence-electron chi connectivity index (χ0n) is 10.7. The number of hydrogen-bond acceptors (Lipinski definition) is 1. The van der Waals surface area contributed by atoms with Gasteiger partial charge in [-0.2, -0.15) is 0 Å². The molecule has 0 aliphatic rings. The van der Waals surface area contributed by atoms with Gasteiger partial charge in [-0.05, 0) is 11.3 Å². The summed E-state index contributed by atoms with van der Waals surface area (Å²) in [6, 6.07) is 0. The van der Waals surface area contributed by atoms with Crippen molar-refractivity contribution in [3.63, 3.8) is 0 Å². The van der Waals surface area contributed by atoms with Crippen molar-refractivity contribution < 1.29 is 4.43 Å². The summed E-state index contributed by atoms with van der Waals surface area (Å²) in [7, 11) is 0.872. The van der Waals surface area contributed by atoms with E-state index in [0.29, 0.717) is 5.41 Å². The molecule has 0 bridgehead atoms. The third-order valence-electron chi connectivity index (χ3n) is 3.34. The van der Waals surface area contributed by atoms with E-state index in [9.17, 15) is 0 Å². The smallest absolute Gasteiger partial charge is 0.145 e. The van der Waals surface area contributed by atoms with Crippen LogP contribution in [0.5, 0.6) is 0 Å². The van der Waals surface area contributed by atoms with E-state index in [1.165, 1.54) is 32.1 Å². The summed E-state index contributed by atoms with van der Waals surface area (Å²) >= 11 is 0. The summed E-state index contributed by atoms with van der Waals surface area (Å²) in [6.45, 7) is 10.2. The molecule has 0 radical (unpaired) electrons. The van der Waals surface area contributed by atoms with E-state index in [0.717, 1.165) is 23.0 Å². The van der Waals surface area contributed by atoms with Crippen LogP contribution in [0.2, 0.25) is 0 Å². The van der Waals surface area contributed by atoms with Gasteiger partial charge in [0.15, 0.2) is 0 Å². The van der Waals surface area contributed by atoms with Crippen molar-refractivity contribution in [1.82, 2.24) is 0 Å². The molecule has 0 aromatic rings. The van der Waals surface area contributed by atoms with Crippen LogP contribution in [-0.4, -0.2) is 17.1 Å². The molecule has 0 saturated carbocycles. The molecule has 0 N–H and O–H groups in total. The van der Waals surface area contributed by atoms with E-state index in [2.05, 4.69) is 27.7 Å². The van der Waals surface area contributed by atoms with E-state index in [-0.39, 0.29) is 0 Å². The van der Waals surface area contributed by atoms with Crippen molar-refractivity contribution in [3.05, 3.63) is 0 Å². The van der Waals surface area contributed by atoms with Gasteiger partial charge in [0.05, 0.1) is 0 Å². The SMILES string of the molecule is CCCCCCC(C)C(C)(C)CO[SiH3]. The third kappa shape index (κ3) is 5.81. The molecule has 2 heteroatoms. The fourth-order valence-electron chi connectivity index (χ4n) is 1.78. The van der Waals surface area contributed by atoms with Crippen LogP contribution in [0.1, 0.15) is 59.8 Å². The molecule has 1 atom stereocenters. The highest BCUT2D eigenvalue weighted by Gasteiger charge is 2.24. The molecule has 0 spiro atoms. The van der Waals surface area contributed by atoms with Crippen LogP contribution in [0, 0.1) is 11.3 Å². The molecule has 14 heavy (non-hydrogen) atoms. The fourth-order valence-corrected chi connectivity index (χ4v) is 2.53. The van der Waals surface area contributed by atoms with Gasteiger partial charge in [0.2, 0.25) is 0 Å². The summed E-state index contributed by atoms with van der Waals surface area (Å²) in [5.41, 5.74) is 0.369. The van der Waals surface area contributed by atoms with Crippen LogP contribution >= 0.6 is 0 Å². The lowest BCUT2D eigenvalue weighted by atomic mass is 9.78. The van der Waals surface area contributed by atoms with Crippen LogP contribution in [0.3, 0.4) is 0 Å². The second-order valence-electron chi connectivity index (χ2n) is 5.17. The largest absolute Gasteiger partial charge is 0.427 e. The van der Waals surface area contributed by atoms with Crippen molar-refractivity contribution in [2.24, 2.45) is 11.3 Å². The highest BCUT2D eigenvalue weighted by Crippen LogP contribution is 2.30. The first-order valence-electron chi connectivity index (χ1n) is 6.03. The first-order valence-corrected chi connectivity index (χ1v) is 6.85. The van der Waals surface area contributed by atoms with Gasteiger partial charge in [0.25, 0.3) is 0 Å². The Hall–Kier alpha value is 0.177. The maximum Gasteiger partial charge on any atom is 0.145 e. The van der Waals surface area contributed by atoms with Crippen LogP contribution in [0.25, 0.3) is 0 Å². The van der Waals surface area contributed by atoms with Gasteiger partial charge in [0.1, 0.15) is 10.5 Å². The average Bonchev–Trinajstić information content (AvgIpc) is 2.12. The topological polar surface area (TPSA) is 9.23 Å². The normalized spacial score (nSPS) is 14.6. The third-order valence-corrected chi connectivity index (χ3v) is 3.63. The van der Waals surface area contributed by atoms with Crippen LogP contribution in [0.15, 0.2) is 0 Å². The molecular weight excluding hydrogens is 188 g/mol. The predicted octanol–water partition coefficient (Wildman–Crippen LogP) is 2.92. The average molecular weight is 216 g/mol. The Bertz CT molecular complexity index is 134. The summed E-state index contributed by atoms with van der Waals surface area (Å²) in [6.07, 6.45) is 6.88. The molecule has 0 heterocycles. The second-order valence-corrected chi connectivity index (χ2v) is 5.75.